The zero-order valence-corrected chi connectivity index (χ0v) is 18.2. The average molecular weight is 439 g/mol. The molecule has 1 aromatic carbocycles. The molecule has 1 unspecified atom stereocenters. The summed E-state index contributed by atoms with van der Waals surface area (Å²) in [4.78, 5) is 10.8. The molecule has 3 rings (SSSR count). The highest BCUT2D eigenvalue weighted by molar-refractivity contribution is 7.80. The van der Waals surface area contributed by atoms with Crippen LogP contribution in [0.25, 0.3) is 0 Å². The number of hydrogen-bond donors (Lipinski definition) is 1. The zero-order valence-electron chi connectivity index (χ0n) is 16.6. The summed E-state index contributed by atoms with van der Waals surface area (Å²) in [6.07, 6.45) is -0.189. The van der Waals surface area contributed by atoms with Crippen molar-refractivity contribution in [3.05, 3.63) is 46.6 Å². The van der Waals surface area contributed by atoms with Gasteiger partial charge in [0.2, 0.25) is 5.88 Å². The quantitative estimate of drug-likeness (QED) is 0.702. The molecule has 0 amide bonds. The summed E-state index contributed by atoms with van der Waals surface area (Å²) in [5.41, 5.74) is 1.11. The maximum atomic E-state index is 13.9. The first kappa shape index (κ1) is 21.7. The van der Waals surface area contributed by atoms with Crippen LogP contribution in [0, 0.1) is 12.7 Å². The van der Waals surface area contributed by atoms with Gasteiger partial charge in [-0.05, 0) is 37.3 Å². The Balaban J connectivity index is 1.58. The lowest BCUT2D eigenvalue weighted by molar-refractivity contribution is -0.0288. The molecule has 0 bridgehead atoms. The Kier molecular flexibility index (Phi) is 7.21. The van der Waals surface area contributed by atoms with Gasteiger partial charge in [0.25, 0.3) is 0 Å². The first-order valence-electron chi connectivity index (χ1n) is 9.43. The molecule has 0 radical (unpaired) electrons. The Hall–Kier alpha value is -2.03. The Morgan fingerprint density at radius 1 is 1.41 bits per heavy atom. The number of ether oxygens (including phenoxy) is 2. The molecule has 2 aromatic rings. The van der Waals surface area contributed by atoms with Gasteiger partial charge in [-0.2, -0.15) is 4.98 Å². The lowest BCUT2D eigenvalue weighted by Crippen LogP contribution is -2.49. The van der Waals surface area contributed by atoms with Crippen molar-refractivity contribution in [3.8, 4) is 5.88 Å². The van der Waals surface area contributed by atoms with Gasteiger partial charge in [0, 0.05) is 35.8 Å². The van der Waals surface area contributed by atoms with E-state index in [-0.39, 0.29) is 17.7 Å². The van der Waals surface area contributed by atoms with Crippen LogP contribution in [0.3, 0.4) is 0 Å². The molecule has 1 N–H and O–H groups in total. The molecule has 0 aliphatic carbocycles. The Labute approximate surface area is 180 Å². The van der Waals surface area contributed by atoms with Crippen molar-refractivity contribution in [1.29, 1.82) is 0 Å². The Morgan fingerprint density at radius 2 is 2.21 bits per heavy atom. The van der Waals surface area contributed by atoms with E-state index in [1.807, 2.05) is 25.7 Å². The first-order valence-corrected chi connectivity index (χ1v) is 10.2. The van der Waals surface area contributed by atoms with Crippen molar-refractivity contribution < 1.29 is 13.9 Å². The molecule has 29 heavy (non-hydrogen) atoms. The highest BCUT2D eigenvalue weighted by Crippen LogP contribution is 2.21. The molecule has 1 aliphatic rings. The molecule has 2 heterocycles. The third kappa shape index (κ3) is 5.98. The summed E-state index contributed by atoms with van der Waals surface area (Å²) >= 11 is 11.4. The van der Waals surface area contributed by atoms with Crippen molar-refractivity contribution in [3.63, 3.8) is 0 Å². The van der Waals surface area contributed by atoms with Gasteiger partial charge < -0.3 is 19.7 Å². The van der Waals surface area contributed by atoms with E-state index < -0.39 is 5.82 Å². The fourth-order valence-corrected chi connectivity index (χ4v) is 3.31. The number of benzene rings is 1. The summed E-state index contributed by atoms with van der Waals surface area (Å²) < 4.78 is 25.6. The van der Waals surface area contributed by atoms with Crippen LogP contribution in [0.2, 0.25) is 5.02 Å². The SMILES string of the molecule is Cc1cc(OCC2CN(C(=S)Nc3cc(Cl)ccc3F)CCO2)nc(C(C)C)n1. The van der Waals surface area contributed by atoms with E-state index in [4.69, 9.17) is 33.3 Å². The molecule has 1 atom stereocenters. The molecular weight excluding hydrogens is 415 g/mol. The van der Waals surface area contributed by atoms with Gasteiger partial charge in [0.1, 0.15) is 24.4 Å². The molecular formula is C20H24ClFN4O2S. The summed E-state index contributed by atoms with van der Waals surface area (Å²) in [6.45, 7) is 7.95. The van der Waals surface area contributed by atoms with Crippen molar-refractivity contribution in [2.75, 3.05) is 31.6 Å². The van der Waals surface area contributed by atoms with E-state index in [9.17, 15) is 4.39 Å². The Bertz CT molecular complexity index is 884. The van der Waals surface area contributed by atoms with Gasteiger partial charge in [-0.3, -0.25) is 0 Å². The van der Waals surface area contributed by atoms with Gasteiger partial charge in [-0.1, -0.05) is 25.4 Å². The monoisotopic (exact) mass is 438 g/mol. The van der Waals surface area contributed by atoms with Crippen molar-refractivity contribution in [1.82, 2.24) is 14.9 Å². The van der Waals surface area contributed by atoms with E-state index in [1.165, 1.54) is 18.2 Å². The second kappa shape index (κ2) is 9.65. The Morgan fingerprint density at radius 3 is 2.97 bits per heavy atom. The summed E-state index contributed by atoms with van der Waals surface area (Å²) in [6, 6.07) is 6.11. The number of anilines is 1. The molecule has 0 saturated carbocycles. The maximum absolute atomic E-state index is 13.9. The summed E-state index contributed by atoms with van der Waals surface area (Å²) in [7, 11) is 0. The molecule has 1 fully saturated rings. The van der Waals surface area contributed by atoms with Crippen LogP contribution < -0.4 is 10.1 Å². The van der Waals surface area contributed by atoms with Crippen LogP contribution in [0.4, 0.5) is 10.1 Å². The standard InChI is InChI=1S/C20H24ClFN4O2S/c1-12(2)19-23-13(3)8-18(25-19)28-11-15-10-26(6-7-27-15)20(29)24-17-9-14(21)4-5-16(17)22/h4-5,8-9,12,15H,6-7,10-11H2,1-3H3,(H,24,29). The second-order valence-corrected chi connectivity index (χ2v) is 7.99. The van der Waals surface area contributed by atoms with E-state index in [0.717, 1.165) is 11.5 Å². The van der Waals surface area contributed by atoms with Gasteiger partial charge in [-0.25, -0.2) is 9.37 Å². The van der Waals surface area contributed by atoms with Crippen LogP contribution in [-0.4, -0.2) is 52.4 Å². The lowest BCUT2D eigenvalue weighted by Gasteiger charge is -2.34. The number of nitrogens with zero attached hydrogens (tertiary/aromatic N) is 3. The van der Waals surface area contributed by atoms with E-state index in [2.05, 4.69) is 15.3 Å². The minimum atomic E-state index is -0.412. The number of nitrogens with one attached hydrogen (secondary N) is 1. The predicted molar refractivity (Wildman–Crippen MR) is 115 cm³/mol. The van der Waals surface area contributed by atoms with Gasteiger partial charge in [0.05, 0.1) is 12.3 Å². The van der Waals surface area contributed by atoms with E-state index in [0.29, 0.717) is 42.3 Å². The average Bonchev–Trinajstić information content (AvgIpc) is 2.69. The topological polar surface area (TPSA) is 59.5 Å². The highest BCUT2D eigenvalue weighted by Gasteiger charge is 2.24. The van der Waals surface area contributed by atoms with Crippen LogP contribution in [0.15, 0.2) is 24.3 Å². The molecule has 9 heteroatoms. The number of aryl methyl sites for hydroxylation is 1. The minimum absolute atomic E-state index is 0.189. The summed E-state index contributed by atoms with van der Waals surface area (Å²) in [5.74, 6) is 1.09. The third-order valence-electron chi connectivity index (χ3n) is 4.38. The molecule has 1 aliphatic heterocycles. The van der Waals surface area contributed by atoms with Crippen LogP contribution in [-0.2, 0) is 4.74 Å². The minimum Gasteiger partial charge on any atom is -0.475 e. The molecule has 1 saturated heterocycles. The largest absolute Gasteiger partial charge is 0.475 e. The lowest BCUT2D eigenvalue weighted by atomic mass is 10.2. The number of aromatic nitrogens is 2. The van der Waals surface area contributed by atoms with Crippen molar-refractivity contribution >= 4 is 34.6 Å². The maximum Gasteiger partial charge on any atom is 0.216 e. The van der Waals surface area contributed by atoms with Crippen molar-refractivity contribution in [2.45, 2.75) is 32.8 Å². The zero-order chi connectivity index (χ0) is 21.0. The number of rotatable bonds is 5. The molecule has 156 valence electrons. The molecule has 6 nitrogen and oxygen atoms in total. The van der Waals surface area contributed by atoms with E-state index in [1.54, 1.807) is 6.07 Å². The number of thiocarbonyl (C=S) groups is 1. The van der Waals surface area contributed by atoms with Gasteiger partial charge >= 0.3 is 0 Å². The smallest absolute Gasteiger partial charge is 0.216 e. The predicted octanol–water partition coefficient (Wildman–Crippen LogP) is 4.18. The van der Waals surface area contributed by atoms with E-state index >= 15 is 0 Å². The number of morpholine rings is 1. The second-order valence-electron chi connectivity index (χ2n) is 7.16. The summed E-state index contributed by atoms with van der Waals surface area (Å²) in [5, 5.41) is 3.78. The van der Waals surface area contributed by atoms with Gasteiger partial charge in [-0.15, -0.1) is 0 Å². The first-order chi connectivity index (χ1) is 13.8. The number of hydrogen-bond acceptors (Lipinski definition) is 5. The molecule has 0 spiro atoms. The van der Waals surface area contributed by atoms with Crippen LogP contribution >= 0.6 is 23.8 Å². The van der Waals surface area contributed by atoms with Gasteiger partial charge in [0.15, 0.2) is 5.11 Å². The third-order valence-corrected chi connectivity index (χ3v) is 4.97. The molecule has 1 aromatic heterocycles. The fraction of sp³-hybridized carbons (Fsp3) is 0.450. The van der Waals surface area contributed by atoms with Crippen LogP contribution in [0.5, 0.6) is 5.88 Å². The highest BCUT2D eigenvalue weighted by atomic mass is 35.5. The number of halogens is 2. The van der Waals surface area contributed by atoms with Crippen molar-refractivity contribution in [2.24, 2.45) is 0 Å². The fourth-order valence-electron chi connectivity index (χ4n) is 2.86. The normalized spacial score (nSPS) is 16.8. The van der Waals surface area contributed by atoms with Crippen LogP contribution in [0.1, 0.15) is 31.3 Å².